The fourth-order valence-electron chi connectivity index (χ4n) is 3.13. The summed E-state index contributed by atoms with van der Waals surface area (Å²) < 4.78 is 5.07. The molecule has 1 aliphatic heterocycles. The van der Waals surface area contributed by atoms with Gasteiger partial charge in [-0.3, -0.25) is 9.79 Å². The highest BCUT2D eigenvalue weighted by Gasteiger charge is 2.20. The quantitative estimate of drug-likeness (QED) is 0.325. The van der Waals surface area contributed by atoms with Gasteiger partial charge in [-0.05, 0) is 39.2 Å². The van der Waals surface area contributed by atoms with E-state index in [1.165, 1.54) is 6.42 Å². The summed E-state index contributed by atoms with van der Waals surface area (Å²) in [5.41, 5.74) is 0. The van der Waals surface area contributed by atoms with Crippen LogP contribution in [0, 0.1) is 5.92 Å². The van der Waals surface area contributed by atoms with Gasteiger partial charge < -0.3 is 25.2 Å². The molecule has 0 spiro atoms. The van der Waals surface area contributed by atoms with Crippen LogP contribution in [-0.4, -0.2) is 88.2 Å². The van der Waals surface area contributed by atoms with Gasteiger partial charge in [-0.25, -0.2) is 0 Å². The standard InChI is InChI=1S/C19H39N5O2/c1-5-20-19(22-11-14-23(3)12-7-15-26-4)21-10-9-18(25)24-13-6-8-17(2)16-24/h17H,5-16H2,1-4H3,(H2,20,21,22). The number of methoxy groups -OCH3 is 1. The number of likely N-dealkylation sites (tertiary alicyclic amines) is 1. The van der Waals surface area contributed by atoms with E-state index in [-0.39, 0.29) is 5.91 Å². The van der Waals surface area contributed by atoms with Crippen molar-refractivity contribution < 1.29 is 9.53 Å². The Morgan fingerprint density at radius 3 is 2.85 bits per heavy atom. The summed E-state index contributed by atoms with van der Waals surface area (Å²) in [6.07, 6.45) is 3.92. The zero-order chi connectivity index (χ0) is 19.2. The summed E-state index contributed by atoms with van der Waals surface area (Å²) in [5.74, 6) is 1.66. The molecule has 152 valence electrons. The molecule has 1 aliphatic rings. The number of piperidine rings is 1. The second-order valence-corrected chi connectivity index (χ2v) is 7.17. The maximum absolute atomic E-state index is 12.3. The van der Waals surface area contributed by atoms with Crippen molar-refractivity contribution >= 4 is 11.9 Å². The van der Waals surface area contributed by atoms with E-state index >= 15 is 0 Å². The molecule has 1 unspecified atom stereocenters. The van der Waals surface area contributed by atoms with Crippen LogP contribution in [0.15, 0.2) is 4.99 Å². The second kappa shape index (κ2) is 13.8. The van der Waals surface area contributed by atoms with E-state index in [0.29, 0.717) is 18.9 Å². The molecule has 1 amide bonds. The summed E-state index contributed by atoms with van der Waals surface area (Å²) in [6, 6.07) is 0. The number of nitrogens with one attached hydrogen (secondary N) is 2. The van der Waals surface area contributed by atoms with Crippen LogP contribution in [0.1, 0.15) is 39.5 Å². The van der Waals surface area contributed by atoms with Gasteiger partial charge in [0, 0.05) is 59.4 Å². The lowest BCUT2D eigenvalue weighted by Crippen LogP contribution is -2.42. The first-order chi connectivity index (χ1) is 12.6. The molecular weight excluding hydrogens is 330 g/mol. The van der Waals surface area contributed by atoms with Gasteiger partial charge in [-0.2, -0.15) is 0 Å². The van der Waals surface area contributed by atoms with Crippen molar-refractivity contribution in [1.29, 1.82) is 0 Å². The molecule has 0 aromatic carbocycles. The summed E-state index contributed by atoms with van der Waals surface area (Å²) in [7, 11) is 3.83. The van der Waals surface area contributed by atoms with Crippen LogP contribution in [0.25, 0.3) is 0 Å². The van der Waals surface area contributed by atoms with Crippen LogP contribution in [0.3, 0.4) is 0 Å². The van der Waals surface area contributed by atoms with Crippen molar-refractivity contribution in [2.75, 3.05) is 66.6 Å². The molecule has 0 saturated carbocycles. The third kappa shape index (κ3) is 9.97. The monoisotopic (exact) mass is 369 g/mol. The van der Waals surface area contributed by atoms with Crippen molar-refractivity contribution in [2.24, 2.45) is 10.9 Å². The SMILES string of the molecule is CCNC(=NCCN(C)CCCOC)NCCC(=O)N1CCCC(C)C1. The molecule has 7 heteroatoms. The van der Waals surface area contributed by atoms with Crippen molar-refractivity contribution in [1.82, 2.24) is 20.4 Å². The van der Waals surface area contributed by atoms with Crippen LogP contribution < -0.4 is 10.6 Å². The topological polar surface area (TPSA) is 69.2 Å². The van der Waals surface area contributed by atoms with E-state index in [1.54, 1.807) is 7.11 Å². The molecule has 1 fully saturated rings. The first-order valence-electron chi connectivity index (χ1n) is 10.0. The van der Waals surface area contributed by atoms with Crippen LogP contribution in [0.5, 0.6) is 0 Å². The van der Waals surface area contributed by atoms with E-state index in [4.69, 9.17) is 4.74 Å². The van der Waals surface area contributed by atoms with Crippen molar-refractivity contribution in [3.8, 4) is 0 Å². The molecule has 2 N–H and O–H groups in total. The lowest BCUT2D eigenvalue weighted by molar-refractivity contribution is -0.132. The zero-order valence-electron chi connectivity index (χ0n) is 17.2. The summed E-state index contributed by atoms with van der Waals surface area (Å²) in [6.45, 7) is 11.0. The van der Waals surface area contributed by atoms with Gasteiger partial charge >= 0.3 is 0 Å². The number of hydrogen-bond acceptors (Lipinski definition) is 4. The van der Waals surface area contributed by atoms with Crippen LogP contribution in [0.2, 0.25) is 0 Å². The normalized spacial score (nSPS) is 18.3. The van der Waals surface area contributed by atoms with Crippen molar-refractivity contribution in [3.63, 3.8) is 0 Å². The Balaban J connectivity index is 2.27. The third-order valence-electron chi connectivity index (χ3n) is 4.63. The van der Waals surface area contributed by atoms with E-state index < -0.39 is 0 Å². The third-order valence-corrected chi connectivity index (χ3v) is 4.63. The fraction of sp³-hybridized carbons (Fsp3) is 0.895. The van der Waals surface area contributed by atoms with Gasteiger partial charge in [0.2, 0.25) is 5.91 Å². The van der Waals surface area contributed by atoms with Gasteiger partial charge in [0.15, 0.2) is 5.96 Å². The minimum atomic E-state index is 0.248. The summed E-state index contributed by atoms with van der Waals surface area (Å²) in [5, 5.41) is 6.53. The largest absolute Gasteiger partial charge is 0.385 e. The molecule has 0 aliphatic carbocycles. The van der Waals surface area contributed by atoms with Gasteiger partial charge in [-0.15, -0.1) is 0 Å². The molecule has 1 rings (SSSR count). The second-order valence-electron chi connectivity index (χ2n) is 7.17. The molecule has 0 aromatic rings. The molecule has 1 atom stereocenters. The number of aliphatic imine (C=N–C) groups is 1. The fourth-order valence-corrected chi connectivity index (χ4v) is 3.13. The van der Waals surface area contributed by atoms with Gasteiger partial charge in [0.25, 0.3) is 0 Å². The van der Waals surface area contributed by atoms with Gasteiger partial charge in [0.1, 0.15) is 0 Å². The zero-order valence-corrected chi connectivity index (χ0v) is 17.2. The van der Waals surface area contributed by atoms with Crippen LogP contribution in [-0.2, 0) is 9.53 Å². The average Bonchev–Trinajstić information content (AvgIpc) is 2.62. The molecule has 0 radical (unpaired) electrons. The number of hydrogen-bond donors (Lipinski definition) is 2. The minimum Gasteiger partial charge on any atom is -0.385 e. The number of rotatable bonds is 11. The minimum absolute atomic E-state index is 0.248. The first kappa shape index (κ1) is 22.7. The smallest absolute Gasteiger partial charge is 0.224 e. The van der Waals surface area contributed by atoms with Gasteiger partial charge in [-0.1, -0.05) is 6.92 Å². The molecule has 0 bridgehead atoms. The lowest BCUT2D eigenvalue weighted by Gasteiger charge is -2.31. The van der Waals surface area contributed by atoms with E-state index in [0.717, 1.165) is 64.7 Å². The molecule has 26 heavy (non-hydrogen) atoms. The Labute approximate surface area is 159 Å². The molecular formula is C19H39N5O2. The Kier molecular flexibility index (Phi) is 12.1. The number of ether oxygens (including phenoxy) is 1. The molecule has 0 aromatic heterocycles. The van der Waals surface area contributed by atoms with E-state index in [9.17, 15) is 4.79 Å². The maximum atomic E-state index is 12.3. The summed E-state index contributed by atoms with van der Waals surface area (Å²) in [4.78, 5) is 21.2. The highest BCUT2D eigenvalue weighted by Crippen LogP contribution is 2.15. The number of nitrogens with zero attached hydrogens (tertiary/aromatic N) is 3. The first-order valence-corrected chi connectivity index (χ1v) is 10.0. The van der Waals surface area contributed by atoms with E-state index in [2.05, 4.69) is 34.5 Å². The molecule has 1 saturated heterocycles. The predicted octanol–water partition coefficient (Wildman–Crippen LogP) is 1.16. The summed E-state index contributed by atoms with van der Waals surface area (Å²) >= 11 is 0. The Morgan fingerprint density at radius 1 is 1.35 bits per heavy atom. The number of amides is 1. The average molecular weight is 370 g/mol. The predicted molar refractivity (Wildman–Crippen MR) is 108 cm³/mol. The number of likely N-dealkylation sites (N-methyl/N-ethyl adjacent to an activating group) is 1. The van der Waals surface area contributed by atoms with E-state index in [1.807, 2.05) is 11.8 Å². The maximum Gasteiger partial charge on any atom is 0.224 e. The van der Waals surface area contributed by atoms with Crippen LogP contribution >= 0.6 is 0 Å². The molecule has 1 heterocycles. The van der Waals surface area contributed by atoms with Crippen molar-refractivity contribution in [2.45, 2.75) is 39.5 Å². The van der Waals surface area contributed by atoms with Crippen LogP contribution in [0.4, 0.5) is 0 Å². The Bertz CT molecular complexity index is 417. The highest BCUT2D eigenvalue weighted by molar-refractivity contribution is 5.81. The number of carbonyl (C=O) groups excluding carboxylic acids is 1. The number of carbonyl (C=O) groups is 1. The van der Waals surface area contributed by atoms with Crippen molar-refractivity contribution in [3.05, 3.63) is 0 Å². The Morgan fingerprint density at radius 2 is 2.15 bits per heavy atom. The number of guanidine groups is 1. The molecule has 7 nitrogen and oxygen atoms in total. The highest BCUT2D eigenvalue weighted by atomic mass is 16.5. The van der Waals surface area contributed by atoms with Gasteiger partial charge in [0.05, 0.1) is 6.54 Å². The lowest BCUT2D eigenvalue weighted by atomic mass is 10.00. The Hall–Kier alpha value is -1.34.